The fourth-order valence-electron chi connectivity index (χ4n) is 1.84. The van der Waals surface area contributed by atoms with Gasteiger partial charge in [-0.2, -0.15) is 0 Å². The van der Waals surface area contributed by atoms with Gasteiger partial charge in [0.05, 0.1) is 6.61 Å². The van der Waals surface area contributed by atoms with Crippen molar-refractivity contribution in [3.63, 3.8) is 0 Å². The van der Waals surface area contributed by atoms with Gasteiger partial charge in [0.2, 0.25) is 0 Å². The van der Waals surface area contributed by atoms with Gasteiger partial charge in [-0.1, -0.05) is 20.3 Å². The molecule has 0 amide bonds. The number of aliphatic hydroxyl groups excluding tert-OH is 1. The second-order valence-electron chi connectivity index (χ2n) is 4.32. The summed E-state index contributed by atoms with van der Waals surface area (Å²) >= 11 is 0. The van der Waals surface area contributed by atoms with E-state index in [0.29, 0.717) is 0 Å². The van der Waals surface area contributed by atoms with Crippen LogP contribution in [0.2, 0.25) is 0 Å². The molecule has 2 heteroatoms. The largest absolute Gasteiger partial charge is 0.394 e. The van der Waals surface area contributed by atoms with Gasteiger partial charge in [0.15, 0.2) is 0 Å². The summed E-state index contributed by atoms with van der Waals surface area (Å²) in [6, 6.07) is 0. The van der Waals surface area contributed by atoms with Gasteiger partial charge in [0.1, 0.15) is 0 Å². The van der Waals surface area contributed by atoms with Crippen LogP contribution < -0.4 is 5.32 Å². The van der Waals surface area contributed by atoms with Crippen LogP contribution in [-0.4, -0.2) is 23.8 Å². The third kappa shape index (κ3) is 2.68. The van der Waals surface area contributed by atoms with E-state index < -0.39 is 0 Å². The lowest BCUT2D eigenvalue weighted by Gasteiger charge is -2.35. The Morgan fingerprint density at radius 1 is 1.31 bits per heavy atom. The van der Waals surface area contributed by atoms with Crippen molar-refractivity contribution in [3.8, 4) is 0 Å². The quantitative estimate of drug-likeness (QED) is 0.662. The van der Waals surface area contributed by atoms with Crippen molar-refractivity contribution in [2.75, 3.05) is 13.2 Å². The Labute approximate surface area is 81.7 Å². The summed E-state index contributed by atoms with van der Waals surface area (Å²) in [6.07, 6.45) is 6.19. The highest BCUT2D eigenvalue weighted by atomic mass is 16.3. The molecule has 2 N–H and O–H groups in total. The Morgan fingerprint density at radius 3 is 2.23 bits per heavy atom. The Hall–Kier alpha value is -0.0800. The summed E-state index contributed by atoms with van der Waals surface area (Å²) in [6.45, 7) is 5.66. The Morgan fingerprint density at radius 2 is 1.92 bits per heavy atom. The van der Waals surface area contributed by atoms with Crippen LogP contribution in [0, 0.1) is 5.92 Å². The van der Waals surface area contributed by atoms with Gasteiger partial charge < -0.3 is 10.4 Å². The van der Waals surface area contributed by atoms with Crippen molar-refractivity contribution >= 4 is 0 Å². The van der Waals surface area contributed by atoms with Crippen LogP contribution in [-0.2, 0) is 0 Å². The van der Waals surface area contributed by atoms with Gasteiger partial charge in [-0.25, -0.2) is 0 Å². The van der Waals surface area contributed by atoms with Crippen LogP contribution in [0.3, 0.4) is 0 Å². The van der Waals surface area contributed by atoms with Crippen molar-refractivity contribution in [2.24, 2.45) is 5.92 Å². The molecule has 2 nitrogen and oxygen atoms in total. The van der Waals surface area contributed by atoms with Crippen LogP contribution in [0.5, 0.6) is 0 Å². The molecule has 0 spiro atoms. The third-order valence-electron chi connectivity index (χ3n) is 3.65. The maximum absolute atomic E-state index is 9.32. The molecule has 13 heavy (non-hydrogen) atoms. The highest BCUT2D eigenvalue weighted by Crippen LogP contribution is 2.26. The van der Waals surface area contributed by atoms with E-state index in [4.69, 9.17) is 0 Å². The average molecular weight is 185 g/mol. The summed E-state index contributed by atoms with van der Waals surface area (Å²) < 4.78 is 0. The fraction of sp³-hybridized carbons (Fsp3) is 1.00. The monoisotopic (exact) mass is 185 g/mol. The van der Waals surface area contributed by atoms with E-state index in [0.717, 1.165) is 25.3 Å². The SMILES string of the molecule is CCC(CC)(CO)NCC1CCC1. The number of rotatable bonds is 6. The molecule has 0 atom stereocenters. The van der Waals surface area contributed by atoms with E-state index >= 15 is 0 Å². The van der Waals surface area contributed by atoms with Gasteiger partial charge in [0.25, 0.3) is 0 Å². The molecule has 1 saturated carbocycles. The van der Waals surface area contributed by atoms with Crippen LogP contribution in [0.15, 0.2) is 0 Å². The van der Waals surface area contributed by atoms with E-state index in [-0.39, 0.29) is 12.1 Å². The fourth-order valence-corrected chi connectivity index (χ4v) is 1.84. The van der Waals surface area contributed by atoms with E-state index in [2.05, 4.69) is 19.2 Å². The molecule has 1 aliphatic rings. The average Bonchev–Trinajstić information content (AvgIpc) is 2.11. The molecule has 0 aliphatic heterocycles. The molecule has 0 aromatic heterocycles. The molecule has 0 bridgehead atoms. The molecular formula is C11H23NO. The maximum atomic E-state index is 9.32. The Bertz CT molecular complexity index is 131. The summed E-state index contributed by atoms with van der Waals surface area (Å²) in [5, 5.41) is 12.9. The van der Waals surface area contributed by atoms with Gasteiger partial charge >= 0.3 is 0 Å². The second-order valence-corrected chi connectivity index (χ2v) is 4.32. The van der Waals surface area contributed by atoms with Crippen molar-refractivity contribution in [3.05, 3.63) is 0 Å². The van der Waals surface area contributed by atoms with Crippen LogP contribution in [0.1, 0.15) is 46.0 Å². The predicted molar refractivity (Wildman–Crippen MR) is 55.7 cm³/mol. The minimum Gasteiger partial charge on any atom is -0.394 e. The first-order chi connectivity index (χ1) is 6.26. The number of aliphatic hydroxyl groups is 1. The lowest BCUT2D eigenvalue weighted by atomic mass is 9.84. The molecule has 1 fully saturated rings. The molecular weight excluding hydrogens is 162 g/mol. The zero-order valence-corrected chi connectivity index (χ0v) is 8.97. The smallest absolute Gasteiger partial charge is 0.0613 e. The first-order valence-electron chi connectivity index (χ1n) is 5.62. The van der Waals surface area contributed by atoms with E-state index in [1.54, 1.807) is 0 Å². The molecule has 1 rings (SSSR count). The Balaban J connectivity index is 2.27. The third-order valence-corrected chi connectivity index (χ3v) is 3.65. The minimum absolute atomic E-state index is 0.00437. The van der Waals surface area contributed by atoms with E-state index in [1.807, 2.05) is 0 Å². The van der Waals surface area contributed by atoms with Crippen LogP contribution in [0.25, 0.3) is 0 Å². The topological polar surface area (TPSA) is 32.3 Å². The zero-order chi connectivity index (χ0) is 9.73. The summed E-state index contributed by atoms with van der Waals surface area (Å²) in [5.74, 6) is 0.879. The molecule has 0 aromatic rings. The van der Waals surface area contributed by atoms with Crippen molar-refractivity contribution < 1.29 is 5.11 Å². The number of hydrogen-bond donors (Lipinski definition) is 2. The van der Waals surface area contributed by atoms with Crippen molar-refractivity contribution in [1.82, 2.24) is 5.32 Å². The van der Waals surface area contributed by atoms with Gasteiger partial charge in [-0.05, 0) is 38.1 Å². The van der Waals surface area contributed by atoms with Crippen molar-refractivity contribution in [2.45, 2.75) is 51.5 Å². The molecule has 78 valence electrons. The van der Waals surface area contributed by atoms with Crippen LogP contribution >= 0.6 is 0 Å². The lowest BCUT2D eigenvalue weighted by molar-refractivity contribution is 0.137. The number of hydrogen-bond acceptors (Lipinski definition) is 2. The minimum atomic E-state index is -0.00437. The highest BCUT2D eigenvalue weighted by molar-refractivity contribution is 4.86. The second kappa shape index (κ2) is 4.97. The molecule has 0 heterocycles. The summed E-state index contributed by atoms with van der Waals surface area (Å²) in [4.78, 5) is 0. The predicted octanol–water partition coefficient (Wildman–Crippen LogP) is 1.93. The maximum Gasteiger partial charge on any atom is 0.0613 e. The number of nitrogens with one attached hydrogen (secondary N) is 1. The van der Waals surface area contributed by atoms with Gasteiger partial charge in [-0.3, -0.25) is 0 Å². The molecule has 1 aliphatic carbocycles. The van der Waals surface area contributed by atoms with E-state index in [9.17, 15) is 5.11 Å². The van der Waals surface area contributed by atoms with Gasteiger partial charge in [0, 0.05) is 5.54 Å². The summed E-state index contributed by atoms with van der Waals surface area (Å²) in [7, 11) is 0. The summed E-state index contributed by atoms with van der Waals surface area (Å²) in [5.41, 5.74) is -0.00437. The van der Waals surface area contributed by atoms with E-state index in [1.165, 1.54) is 19.3 Å². The highest BCUT2D eigenvalue weighted by Gasteiger charge is 2.26. The van der Waals surface area contributed by atoms with Crippen molar-refractivity contribution in [1.29, 1.82) is 0 Å². The van der Waals surface area contributed by atoms with Crippen LogP contribution in [0.4, 0.5) is 0 Å². The molecule has 0 radical (unpaired) electrons. The first-order valence-corrected chi connectivity index (χ1v) is 5.62. The molecule has 0 unspecified atom stereocenters. The zero-order valence-electron chi connectivity index (χ0n) is 8.97. The lowest BCUT2D eigenvalue weighted by Crippen LogP contribution is -2.49. The standard InChI is InChI=1S/C11H23NO/c1-3-11(4-2,9-13)12-8-10-6-5-7-10/h10,12-13H,3-9H2,1-2H3. The molecule has 0 aromatic carbocycles. The normalized spacial score (nSPS) is 18.7. The first kappa shape index (κ1) is 11.0. The molecule has 0 saturated heterocycles. The van der Waals surface area contributed by atoms with Gasteiger partial charge in [-0.15, -0.1) is 0 Å². The Kier molecular flexibility index (Phi) is 4.20.